The normalized spacial score (nSPS) is 10.5. The van der Waals surface area contributed by atoms with Gasteiger partial charge in [-0.15, -0.1) is 0 Å². The van der Waals surface area contributed by atoms with E-state index in [0.29, 0.717) is 16.7 Å². The predicted octanol–water partition coefficient (Wildman–Crippen LogP) is 3.00. The molecule has 2 aromatic rings. The lowest BCUT2D eigenvalue weighted by Crippen LogP contribution is -2.21. The first-order valence-corrected chi connectivity index (χ1v) is 6.55. The van der Waals surface area contributed by atoms with Gasteiger partial charge in [-0.3, -0.25) is 4.79 Å². The summed E-state index contributed by atoms with van der Waals surface area (Å²) in [5, 5.41) is 0. The van der Waals surface area contributed by atoms with E-state index >= 15 is 0 Å². The van der Waals surface area contributed by atoms with E-state index in [4.69, 9.17) is 5.73 Å². The topological polar surface area (TPSA) is 48.0 Å². The molecular formula is C12H10Br2N2O. The molecule has 5 heteroatoms. The minimum absolute atomic E-state index is 0.0727. The molecule has 0 atom stereocenters. The fourth-order valence-electron chi connectivity index (χ4n) is 1.54. The SMILES string of the molecule is Nc1ccccc1Cn1cc(Br)cc(Br)c1=O. The van der Waals surface area contributed by atoms with E-state index in [2.05, 4.69) is 31.9 Å². The Bertz CT molecular complexity index is 608. The monoisotopic (exact) mass is 356 g/mol. The average molecular weight is 358 g/mol. The number of nitrogens with zero attached hydrogens (tertiary/aromatic N) is 1. The molecule has 2 rings (SSSR count). The molecule has 0 amide bonds. The van der Waals surface area contributed by atoms with Crippen molar-refractivity contribution < 1.29 is 0 Å². The molecule has 17 heavy (non-hydrogen) atoms. The van der Waals surface area contributed by atoms with Crippen molar-refractivity contribution in [1.82, 2.24) is 4.57 Å². The standard InChI is InChI=1S/C12H10Br2N2O/c13-9-5-10(14)12(17)16(7-9)6-8-3-1-2-4-11(8)15/h1-5,7H,6,15H2. The molecule has 0 saturated carbocycles. The molecule has 0 saturated heterocycles. The largest absolute Gasteiger partial charge is 0.398 e. The van der Waals surface area contributed by atoms with Crippen molar-refractivity contribution in [3.8, 4) is 0 Å². The van der Waals surface area contributed by atoms with Crippen LogP contribution in [0.2, 0.25) is 0 Å². The van der Waals surface area contributed by atoms with Gasteiger partial charge in [0.15, 0.2) is 0 Å². The Morgan fingerprint density at radius 3 is 2.65 bits per heavy atom. The molecule has 0 aliphatic heterocycles. The van der Waals surface area contributed by atoms with Crippen LogP contribution in [0, 0.1) is 0 Å². The van der Waals surface area contributed by atoms with Crippen LogP contribution in [0.5, 0.6) is 0 Å². The smallest absolute Gasteiger partial charge is 0.265 e. The summed E-state index contributed by atoms with van der Waals surface area (Å²) in [6.07, 6.45) is 1.75. The minimum atomic E-state index is -0.0727. The highest BCUT2D eigenvalue weighted by atomic mass is 79.9. The molecule has 0 bridgehead atoms. The fourth-order valence-corrected chi connectivity index (χ4v) is 2.80. The number of hydrogen-bond acceptors (Lipinski definition) is 2. The highest BCUT2D eigenvalue weighted by Crippen LogP contribution is 2.16. The Kier molecular flexibility index (Phi) is 3.69. The van der Waals surface area contributed by atoms with Gasteiger partial charge in [-0.1, -0.05) is 18.2 Å². The van der Waals surface area contributed by atoms with Gasteiger partial charge in [0.25, 0.3) is 5.56 Å². The second kappa shape index (κ2) is 5.06. The van der Waals surface area contributed by atoms with E-state index in [1.807, 2.05) is 24.3 Å². The number of para-hydroxylation sites is 1. The first-order chi connectivity index (χ1) is 8.08. The van der Waals surface area contributed by atoms with Crippen LogP contribution in [0.4, 0.5) is 5.69 Å². The average Bonchev–Trinajstić information content (AvgIpc) is 2.28. The number of nitrogen functional groups attached to an aromatic ring is 1. The van der Waals surface area contributed by atoms with Gasteiger partial charge >= 0.3 is 0 Å². The predicted molar refractivity (Wildman–Crippen MR) is 76.1 cm³/mol. The number of pyridine rings is 1. The number of hydrogen-bond donors (Lipinski definition) is 1. The van der Waals surface area contributed by atoms with Crippen molar-refractivity contribution in [2.24, 2.45) is 0 Å². The third-order valence-electron chi connectivity index (χ3n) is 2.40. The molecule has 0 fully saturated rings. The van der Waals surface area contributed by atoms with Gasteiger partial charge in [0.05, 0.1) is 11.0 Å². The lowest BCUT2D eigenvalue weighted by Gasteiger charge is -2.09. The summed E-state index contributed by atoms with van der Waals surface area (Å²) < 4.78 is 2.99. The van der Waals surface area contributed by atoms with Crippen LogP contribution in [0.15, 0.2) is 50.3 Å². The molecule has 0 unspecified atom stereocenters. The van der Waals surface area contributed by atoms with Crippen LogP contribution in [0.3, 0.4) is 0 Å². The number of nitrogens with two attached hydrogens (primary N) is 1. The highest BCUT2D eigenvalue weighted by Gasteiger charge is 2.05. The number of rotatable bonds is 2. The van der Waals surface area contributed by atoms with E-state index in [1.54, 1.807) is 16.8 Å². The molecular weight excluding hydrogens is 348 g/mol. The van der Waals surface area contributed by atoms with Gasteiger partial charge in [-0.05, 0) is 49.6 Å². The third kappa shape index (κ3) is 2.79. The number of anilines is 1. The molecule has 0 aliphatic carbocycles. The number of aromatic nitrogens is 1. The van der Waals surface area contributed by atoms with Crippen LogP contribution < -0.4 is 11.3 Å². The van der Waals surface area contributed by atoms with Crippen LogP contribution in [0.25, 0.3) is 0 Å². The van der Waals surface area contributed by atoms with E-state index in [9.17, 15) is 4.79 Å². The summed E-state index contributed by atoms with van der Waals surface area (Å²) in [5.41, 5.74) is 7.40. The zero-order valence-electron chi connectivity index (χ0n) is 8.86. The van der Waals surface area contributed by atoms with Gasteiger partial charge in [-0.2, -0.15) is 0 Å². The van der Waals surface area contributed by atoms with E-state index in [1.165, 1.54) is 0 Å². The van der Waals surface area contributed by atoms with Crippen molar-refractivity contribution in [2.45, 2.75) is 6.54 Å². The summed E-state index contributed by atoms with van der Waals surface area (Å²) in [6.45, 7) is 0.462. The number of benzene rings is 1. The quantitative estimate of drug-likeness (QED) is 0.840. The molecule has 1 aromatic heterocycles. The highest BCUT2D eigenvalue weighted by molar-refractivity contribution is 9.11. The third-order valence-corrected chi connectivity index (χ3v) is 3.41. The molecule has 0 radical (unpaired) electrons. The summed E-state index contributed by atoms with van der Waals surface area (Å²) in [7, 11) is 0. The van der Waals surface area contributed by atoms with Gasteiger partial charge in [0, 0.05) is 16.4 Å². The summed E-state index contributed by atoms with van der Waals surface area (Å²) in [5.74, 6) is 0. The van der Waals surface area contributed by atoms with Crippen molar-refractivity contribution in [3.63, 3.8) is 0 Å². The Morgan fingerprint density at radius 2 is 1.94 bits per heavy atom. The summed E-state index contributed by atoms with van der Waals surface area (Å²) >= 11 is 6.59. The molecule has 88 valence electrons. The van der Waals surface area contributed by atoms with Gasteiger partial charge in [0.2, 0.25) is 0 Å². The van der Waals surface area contributed by atoms with Crippen LogP contribution >= 0.6 is 31.9 Å². The maximum absolute atomic E-state index is 11.9. The molecule has 0 spiro atoms. The van der Waals surface area contributed by atoms with Gasteiger partial charge < -0.3 is 10.3 Å². The van der Waals surface area contributed by atoms with Crippen LogP contribution in [0.1, 0.15) is 5.56 Å². The zero-order chi connectivity index (χ0) is 12.4. The molecule has 1 aromatic carbocycles. The van der Waals surface area contributed by atoms with E-state index < -0.39 is 0 Å². The lowest BCUT2D eigenvalue weighted by atomic mass is 10.2. The first kappa shape index (κ1) is 12.4. The Hall–Kier alpha value is -1.07. The maximum atomic E-state index is 11.9. The Balaban J connectivity index is 2.44. The van der Waals surface area contributed by atoms with E-state index in [-0.39, 0.29) is 5.56 Å². The fraction of sp³-hybridized carbons (Fsp3) is 0.0833. The second-order valence-electron chi connectivity index (χ2n) is 3.64. The Morgan fingerprint density at radius 1 is 1.24 bits per heavy atom. The van der Waals surface area contributed by atoms with Crippen LogP contribution in [-0.2, 0) is 6.54 Å². The Labute approximate surface area is 116 Å². The van der Waals surface area contributed by atoms with Crippen LogP contribution in [-0.4, -0.2) is 4.57 Å². The summed E-state index contributed by atoms with van der Waals surface area (Å²) in [6, 6.07) is 9.25. The van der Waals surface area contributed by atoms with Crippen molar-refractivity contribution in [2.75, 3.05) is 5.73 Å². The van der Waals surface area contributed by atoms with Crippen molar-refractivity contribution in [1.29, 1.82) is 0 Å². The van der Waals surface area contributed by atoms with Crippen molar-refractivity contribution >= 4 is 37.5 Å². The lowest BCUT2D eigenvalue weighted by molar-refractivity contribution is 0.753. The summed E-state index contributed by atoms with van der Waals surface area (Å²) in [4.78, 5) is 11.9. The molecule has 3 nitrogen and oxygen atoms in total. The molecule has 1 heterocycles. The van der Waals surface area contributed by atoms with Gasteiger partial charge in [-0.25, -0.2) is 0 Å². The minimum Gasteiger partial charge on any atom is -0.398 e. The molecule has 0 aliphatic rings. The maximum Gasteiger partial charge on any atom is 0.265 e. The van der Waals surface area contributed by atoms with E-state index in [0.717, 1.165) is 10.0 Å². The van der Waals surface area contributed by atoms with Gasteiger partial charge in [0.1, 0.15) is 0 Å². The van der Waals surface area contributed by atoms with Crippen molar-refractivity contribution in [3.05, 3.63) is 61.4 Å². The second-order valence-corrected chi connectivity index (χ2v) is 5.41. The number of halogens is 2. The molecule has 2 N–H and O–H groups in total. The zero-order valence-corrected chi connectivity index (χ0v) is 12.0. The first-order valence-electron chi connectivity index (χ1n) is 4.97.